The molecule has 2 aliphatic heterocycles. The second kappa shape index (κ2) is 11.6. The molecule has 4 heterocycles. The first-order valence-electron chi connectivity index (χ1n) is 12.3. The van der Waals surface area contributed by atoms with Crippen molar-refractivity contribution in [2.75, 3.05) is 18.6 Å². The molecule has 1 aromatic carbocycles. The van der Waals surface area contributed by atoms with Crippen LogP contribution in [0.15, 0.2) is 59.0 Å². The molecule has 2 N–H and O–H groups in total. The normalized spacial score (nSPS) is 23.9. The van der Waals surface area contributed by atoms with Crippen LogP contribution in [0.1, 0.15) is 39.2 Å². The molecule has 0 aliphatic carbocycles. The second-order valence-corrected chi connectivity index (χ2v) is 10.0. The standard InChI is InChI=1S/C26H24F3N5O5S/c1-14-9-17-19(10-27)39-25(33-21(35)15-5-3-2-4-6-15)34-26(17,13-37-14)23-32-20(12-40-23)31-22(36)18-8-7-16(11-30-18)38-24(28)29/h2-8,11-12,14,17,19,24H,9-10,13H2,1H3,(H,31,36)(H,33,34,35)/t14-,17-,19+,26-/m0/s1. The Morgan fingerprint density at radius 2 is 1.98 bits per heavy atom. The van der Waals surface area contributed by atoms with Gasteiger partial charge in [0.25, 0.3) is 17.8 Å². The maximum absolute atomic E-state index is 14.3. The van der Waals surface area contributed by atoms with E-state index in [2.05, 4.69) is 25.3 Å². The summed E-state index contributed by atoms with van der Waals surface area (Å²) < 4.78 is 55.0. The maximum atomic E-state index is 14.3. The number of anilines is 1. The number of halogens is 3. The lowest BCUT2D eigenvalue weighted by molar-refractivity contribution is -0.102. The van der Waals surface area contributed by atoms with Crippen molar-refractivity contribution in [1.29, 1.82) is 0 Å². The van der Waals surface area contributed by atoms with Gasteiger partial charge >= 0.3 is 6.61 Å². The van der Waals surface area contributed by atoms with Gasteiger partial charge in [-0.3, -0.25) is 14.9 Å². The zero-order valence-corrected chi connectivity index (χ0v) is 21.9. The quantitative estimate of drug-likeness (QED) is 0.434. The smallest absolute Gasteiger partial charge is 0.387 e. The first-order valence-corrected chi connectivity index (χ1v) is 13.1. The number of rotatable bonds is 7. The molecule has 0 unspecified atom stereocenters. The number of ether oxygens (including phenoxy) is 3. The van der Waals surface area contributed by atoms with Gasteiger partial charge in [-0.05, 0) is 37.6 Å². The first kappa shape index (κ1) is 27.5. The Labute approximate surface area is 230 Å². The van der Waals surface area contributed by atoms with Gasteiger partial charge in [-0.25, -0.2) is 19.4 Å². The molecule has 0 saturated carbocycles. The Morgan fingerprint density at radius 1 is 1.18 bits per heavy atom. The lowest BCUT2D eigenvalue weighted by Crippen LogP contribution is -2.57. The van der Waals surface area contributed by atoms with Crippen LogP contribution in [0.25, 0.3) is 0 Å². The molecule has 0 spiro atoms. The van der Waals surface area contributed by atoms with E-state index in [0.717, 1.165) is 6.20 Å². The van der Waals surface area contributed by atoms with E-state index in [9.17, 15) is 22.8 Å². The van der Waals surface area contributed by atoms with E-state index in [1.807, 2.05) is 6.92 Å². The molecular weight excluding hydrogens is 551 g/mol. The summed E-state index contributed by atoms with van der Waals surface area (Å²) in [5.74, 6) is -1.57. The van der Waals surface area contributed by atoms with E-state index in [1.54, 1.807) is 35.7 Å². The number of thiazole rings is 1. The van der Waals surface area contributed by atoms with E-state index in [-0.39, 0.29) is 36.0 Å². The van der Waals surface area contributed by atoms with Crippen molar-refractivity contribution in [2.45, 2.75) is 37.7 Å². The number of nitrogens with one attached hydrogen (secondary N) is 2. The summed E-state index contributed by atoms with van der Waals surface area (Å²) in [5, 5.41) is 7.26. The second-order valence-electron chi connectivity index (χ2n) is 9.19. The molecular formula is C26H24F3N5O5S. The summed E-state index contributed by atoms with van der Waals surface area (Å²) in [6.07, 6.45) is 0.330. The van der Waals surface area contributed by atoms with Crippen molar-refractivity contribution >= 4 is 35.0 Å². The lowest BCUT2D eigenvalue weighted by atomic mass is 9.75. The minimum absolute atomic E-state index is 0.0467. The van der Waals surface area contributed by atoms with Crippen molar-refractivity contribution in [1.82, 2.24) is 15.3 Å². The van der Waals surface area contributed by atoms with Crippen LogP contribution in [-0.2, 0) is 15.0 Å². The summed E-state index contributed by atoms with van der Waals surface area (Å²) in [7, 11) is 0. The molecule has 1 saturated heterocycles. The summed E-state index contributed by atoms with van der Waals surface area (Å²) >= 11 is 1.18. The van der Waals surface area contributed by atoms with Gasteiger partial charge < -0.3 is 19.5 Å². The number of carbonyl (C=O) groups is 2. The number of hydrogen-bond donors (Lipinski definition) is 2. The number of nitrogens with zero attached hydrogens (tertiary/aromatic N) is 3. The zero-order valence-electron chi connectivity index (χ0n) is 21.1. The highest BCUT2D eigenvalue weighted by Gasteiger charge is 2.54. The number of fused-ring (bicyclic) bond motifs is 1. The Kier molecular flexibility index (Phi) is 7.98. The van der Waals surface area contributed by atoms with Gasteiger partial charge in [0.05, 0.1) is 18.9 Å². The molecule has 0 radical (unpaired) electrons. The van der Waals surface area contributed by atoms with Crippen molar-refractivity contribution in [3.63, 3.8) is 0 Å². The topological polar surface area (TPSA) is 124 Å². The van der Waals surface area contributed by atoms with Gasteiger partial charge in [0.15, 0.2) is 0 Å². The molecule has 14 heteroatoms. The maximum Gasteiger partial charge on any atom is 0.387 e. The fourth-order valence-electron chi connectivity index (χ4n) is 4.63. The largest absolute Gasteiger partial charge is 0.458 e. The van der Waals surface area contributed by atoms with Crippen molar-refractivity contribution in [3.8, 4) is 5.75 Å². The van der Waals surface area contributed by atoms with Gasteiger partial charge in [0.1, 0.15) is 40.6 Å². The monoisotopic (exact) mass is 575 g/mol. The van der Waals surface area contributed by atoms with E-state index >= 15 is 0 Å². The van der Waals surface area contributed by atoms with Gasteiger partial charge in [-0.15, -0.1) is 11.3 Å². The Balaban J connectivity index is 1.41. The summed E-state index contributed by atoms with van der Waals surface area (Å²) in [6.45, 7) is -1.92. The number of hydrogen-bond acceptors (Lipinski definition) is 9. The fraction of sp³-hybridized carbons (Fsp3) is 0.346. The predicted molar refractivity (Wildman–Crippen MR) is 138 cm³/mol. The van der Waals surface area contributed by atoms with E-state index in [4.69, 9.17) is 14.5 Å². The van der Waals surface area contributed by atoms with Gasteiger partial charge in [-0.2, -0.15) is 8.78 Å². The van der Waals surface area contributed by atoms with E-state index in [1.165, 1.54) is 23.5 Å². The molecule has 10 nitrogen and oxygen atoms in total. The van der Waals surface area contributed by atoms with Crippen LogP contribution < -0.4 is 15.4 Å². The minimum Gasteiger partial charge on any atom is -0.458 e. The number of pyridine rings is 1. The average Bonchev–Trinajstić information content (AvgIpc) is 3.42. The van der Waals surface area contributed by atoms with Gasteiger partial charge in [0, 0.05) is 16.9 Å². The number of aliphatic imine (C=N–C) groups is 1. The lowest BCUT2D eigenvalue weighted by Gasteiger charge is -2.47. The summed E-state index contributed by atoms with van der Waals surface area (Å²) in [5.41, 5.74) is -0.854. The van der Waals surface area contributed by atoms with Crippen molar-refractivity contribution in [2.24, 2.45) is 10.9 Å². The highest BCUT2D eigenvalue weighted by molar-refractivity contribution is 7.10. The van der Waals surface area contributed by atoms with Crippen LogP contribution >= 0.6 is 11.3 Å². The molecule has 2 amide bonds. The molecule has 2 aromatic heterocycles. The Hall–Kier alpha value is -4.04. The Bertz CT molecular complexity index is 1390. The van der Waals surface area contributed by atoms with Crippen LogP contribution in [0.4, 0.5) is 19.0 Å². The van der Waals surface area contributed by atoms with Crippen LogP contribution in [0.2, 0.25) is 0 Å². The molecule has 4 atom stereocenters. The minimum atomic E-state index is -3.01. The predicted octanol–water partition coefficient (Wildman–Crippen LogP) is 4.17. The first-order chi connectivity index (χ1) is 19.3. The number of benzene rings is 1. The molecule has 1 fully saturated rings. The third kappa shape index (κ3) is 5.77. The third-order valence-electron chi connectivity index (χ3n) is 6.52. The SMILES string of the molecule is C[C@H]1C[C@H]2[C@@H](CF)OC(NC(=O)c3ccccc3)=N[C@@]2(c2nc(NC(=O)c3ccc(OC(F)F)cn3)cs2)CO1. The number of carbonyl (C=O) groups excluding carboxylic acids is 2. The fourth-order valence-corrected chi connectivity index (χ4v) is 5.57. The van der Waals surface area contributed by atoms with Crippen LogP contribution in [-0.4, -0.2) is 59.9 Å². The van der Waals surface area contributed by atoms with E-state index < -0.39 is 42.7 Å². The van der Waals surface area contributed by atoms with Crippen molar-refractivity contribution < 1.29 is 37.0 Å². The van der Waals surface area contributed by atoms with Gasteiger partial charge in [0.2, 0.25) is 0 Å². The summed E-state index contributed by atoms with van der Waals surface area (Å²) in [4.78, 5) is 38.6. The van der Waals surface area contributed by atoms with Crippen molar-refractivity contribution in [3.05, 3.63) is 70.3 Å². The highest BCUT2D eigenvalue weighted by Crippen LogP contribution is 2.47. The third-order valence-corrected chi connectivity index (χ3v) is 7.53. The number of aromatic nitrogens is 2. The summed E-state index contributed by atoms with van der Waals surface area (Å²) in [6, 6.07) is 10.7. The van der Waals surface area contributed by atoms with Crippen LogP contribution in [0, 0.1) is 5.92 Å². The van der Waals surface area contributed by atoms with Crippen LogP contribution in [0.5, 0.6) is 5.75 Å². The molecule has 210 valence electrons. The molecule has 5 rings (SSSR count). The Morgan fingerprint density at radius 3 is 2.67 bits per heavy atom. The van der Waals surface area contributed by atoms with Gasteiger partial charge in [-0.1, -0.05) is 18.2 Å². The number of alkyl halides is 3. The number of amides is 2. The van der Waals surface area contributed by atoms with Crippen LogP contribution in [0.3, 0.4) is 0 Å². The van der Waals surface area contributed by atoms with E-state index in [0.29, 0.717) is 17.0 Å². The number of amidine groups is 1. The zero-order chi connectivity index (χ0) is 28.3. The average molecular weight is 576 g/mol. The molecule has 40 heavy (non-hydrogen) atoms. The molecule has 3 aromatic rings. The molecule has 0 bridgehead atoms. The molecule has 2 aliphatic rings. The highest BCUT2D eigenvalue weighted by atomic mass is 32.1.